The average Bonchev–Trinajstić information content (AvgIpc) is 2.82. The minimum Gasteiger partial charge on any atom is -0.465 e. The van der Waals surface area contributed by atoms with Crippen molar-refractivity contribution in [1.82, 2.24) is 10.2 Å². The normalized spacial score (nSPS) is 20.0. The van der Waals surface area contributed by atoms with Gasteiger partial charge < -0.3 is 15.0 Å². The van der Waals surface area contributed by atoms with Gasteiger partial charge in [-0.3, -0.25) is 4.79 Å². The number of nitrogens with zero attached hydrogens (tertiary/aromatic N) is 1. The summed E-state index contributed by atoms with van der Waals surface area (Å²) in [6.07, 6.45) is 0. The van der Waals surface area contributed by atoms with Crippen LogP contribution in [0.15, 0.2) is 11.4 Å². The molecule has 1 aromatic rings. The fourth-order valence-corrected chi connectivity index (χ4v) is 2.75. The third kappa shape index (κ3) is 2.70. The third-order valence-corrected chi connectivity index (χ3v) is 3.89. The van der Waals surface area contributed by atoms with E-state index >= 15 is 0 Å². The summed E-state index contributed by atoms with van der Waals surface area (Å²) in [5, 5.41) is 5.01. The molecule has 18 heavy (non-hydrogen) atoms. The van der Waals surface area contributed by atoms with Gasteiger partial charge in [-0.25, -0.2) is 4.79 Å². The van der Waals surface area contributed by atoms with Crippen LogP contribution in [0.1, 0.15) is 22.2 Å². The predicted molar refractivity (Wildman–Crippen MR) is 68.5 cm³/mol. The lowest BCUT2D eigenvalue weighted by molar-refractivity contribution is -0.135. The Kier molecular flexibility index (Phi) is 3.98. The molecule has 1 unspecified atom stereocenters. The minimum atomic E-state index is -0.328. The molecule has 2 heterocycles. The van der Waals surface area contributed by atoms with Gasteiger partial charge >= 0.3 is 5.97 Å². The Hall–Kier alpha value is -1.40. The quantitative estimate of drug-likeness (QED) is 0.826. The van der Waals surface area contributed by atoms with Crippen molar-refractivity contribution in [3.8, 4) is 0 Å². The molecule has 0 spiro atoms. The molecule has 1 aromatic heterocycles. The van der Waals surface area contributed by atoms with Gasteiger partial charge in [0.15, 0.2) is 0 Å². The second-order valence-corrected chi connectivity index (χ2v) is 5.16. The number of carbonyl (C=O) groups is 2. The maximum Gasteiger partial charge on any atom is 0.348 e. The predicted octanol–water partition coefficient (Wildman–Crippen LogP) is 0.855. The van der Waals surface area contributed by atoms with Crippen LogP contribution in [0.4, 0.5) is 0 Å². The highest BCUT2D eigenvalue weighted by molar-refractivity contribution is 7.12. The molecule has 1 atom stereocenters. The number of amides is 1. The molecule has 1 aliphatic heterocycles. The summed E-state index contributed by atoms with van der Waals surface area (Å²) >= 11 is 1.34. The number of thiophene rings is 1. The molecule has 0 bridgehead atoms. The maximum absolute atomic E-state index is 11.9. The van der Waals surface area contributed by atoms with Gasteiger partial charge in [0.1, 0.15) is 4.88 Å². The van der Waals surface area contributed by atoms with Crippen LogP contribution < -0.4 is 5.32 Å². The van der Waals surface area contributed by atoms with Gasteiger partial charge in [0.05, 0.1) is 13.2 Å². The van der Waals surface area contributed by atoms with Gasteiger partial charge in [-0.15, -0.1) is 11.3 Å². The standard InChI is InChI=1S/C12H16N2O3S/c1-8-11(15)14(4-3-13-8)6-9-5-10(18-7-9)12(16)17-2/h5,7-8,13H,3-4,6H2,1-2H3. The molecule has 1 aliphatic rings. The van der Waals surface area contributed by atoms with Crippen molar-refractivity contribution in [3.05, 3.63) is 21.9 Å². The molecule has 1 N–H and O–H groups in total. The van der Waals surface area contributed by atoms with Crippen molar-refractivity contribution in [3.63, 3.8) is 0 Å². The van der Waals surface area contributed by atoms with E-state index in [4.69, 9.17) is 0 Å². The summed E-state index contributed by atoms with van der Waals surface area (Å²) in [5.41, 5.74) is 0.975. The molecule has 0 aliphatic carbocycles. The second kappa shape index (κ2) is 5.49. The van der Waals surface area contributed by atoms with Crippen molar-refractivity contribution >= 4 is 23.2 Å². The fourth-order valence-electron chi connectivity index (χ4n) is 1.93. The van der Waals surface area contributed by atoms with Crippen molar-refractivity contribution in [2.45, 2.75) is 19.5 Å². The van der Waals surface area contributed by atoms with Crippen LogP contribution >= 0.6 is 11.3 Å². The number of esters is 1. The first kappa shape index (κ1) is 13.0. The molecular formula is C12H16N2O3S. The lowest BCUT2D eigenvalue weighted by atomic mass is 10.2. The van der Waals surface area contributed by atoms with Gasteiger partial charge in [0, 0.05) is 19.6 Å². The summed E-state index contributed by atoms with van der Waals surface area (Å²) in [4.78, 5) is 25.6. The molecule has 0 aromatic carbocycles. The van der Waals surface area contributed by atoms with Crippen LogP contribution in [-0.2, 0) is 16.1 Å². The summed E-state index contributed by atoms with van der Waals surface area (Å²) in [6, 6.07) is 1.66. The average molecular weight is 268 g/mol. The summed E-state index contributed by atoms with van der Waals surface area (Å²) in [7, 11) is 1.36. The molecule has 1 fully saturated rings. The van der Waals surface area contributed by atoms with E-state index in [-0.39, 0.29) is 17.9 Å². The van der Waals surface area contributed by atoms with Gasteiger partial charge in [-0.1, -0.05) is 0 Å². The Morgan fingerprint density at radius 3 is 3.17 bits per heavy atom. The summed E-state index contributed by atoms with van der Waals surface area (Å²) in [6.45, 7) is 3.92. The van der Waals surface area contributed by atoms with Crippen molar-refractivity contribution in [2.24, 2.45) is 0 Å². The smallest absolute Gasteiger partial charge is 0.348 e. The highest BCUT2D eigenvalue weighted by atomic mass is 32.1. The number of hydrogen-bond acceptors (Lipinski definition) is 5. The molecule has 5 nitrogen and oxygen atoms in total. The van der Waals surface area contributed by atoms with Gasteiger partial charge in [0.2, 0.25) is 5.91 Å². The molecule has 2 rings (SSSR count). The molecule has 6 heteroatoms. The van der Waals surface area contributed by atoms with E-state index in [9.17, 15) is 9.59 Å². The highest BCUT2D eigenvalue weighted by Crippen LogP contribution is 2.18. The van der Waals surface area contributed by atoms with Crippen LogP contribution in [0, 0.1) is 0 Å². The van der Waals surface area contributed by atoms with Crippen molar-refractivity contribution in [1.29, 1.82) is 0 Å². The van der Waals surface area contributed by atoms with E-state index in [1.54, 1.807) is 6.07 Å². The Bertz CT molecular complexity index is 458. The van der Waals surface area contributed by atoms with E-state index in [1.807, 2.05) is 17.2 Å². The van der Waals surface area contributed by atoms with Crippen LogP contribution in [0.2, 0.25) is 0 Å². The number of methoxy groups -OCH3 is 1. The zero-order valence-electron chi connectivity index (χ0n) is 10.4. The monoisotopic (exact) mass is 268 g/mol. The SMILES string of the molecule is COC(=O)c1cc(CN2CCNC(C)C2=O)cs1. The summed E-state index contributed by atoms with van der Waals surface area (Å²) < 4.78 is 4.66. The number of hydrogen-bond donors (Lipinski definition) is 1. The first-order chi connectivity index (χ1) is 8.61. The Morgan fingerprint density at radius 1 is 1.67 bits per heavy atom. The largest absolute Gasteiger partial charge is 0.465 e. The first-order valence-corrected chi connectivity index (χ1v) is 6.67. The third-order valence-electron chi connectivity index (χ3n) is 2.93. The molecular weight excluding hydrogens is 252 g/mol. The van der Waals surface area contributed by atoms with Crippen LogP contribution in [0.5, 0.6) is 0 Å². The van der Waals surface area contributed by atoms with Crippen LogP contribution in [0.3, 0.4) is 0 Å². The minimum absolute atomic E-state index is 0.104. The molecule has 1 amide bonds. The van der Waals surface area contributed by atoms with Crippen molar-refractivity contribution < 1.29 is 14.3 Å². The van der Waals surface area contributed by atoms with Gasteiger partial charge in [-0.2, -0.15) is 0 Å². The number of nitrogens with one attached hydrogen (secondary N) is 1. The number of ether oxygens (including phenoxy) is 1. The Balaban J connectivity index is 2.03. The van der Waals surface area contributed by atoms with Crippen LogP contribution in [-0.4, -0.2) is 43.0 Å². The van der Waals surface area contributed by atoms with E-state index in [0.29, 0.717) is 18.0 Å². The Morgan fingerprint density at radius 2 is 2.44 bits per heavy atom. The fraction of sp³-hybridized carbons (Fsp3) is 0.500. The second-order valence-electron chi connectivity index (χ2n) is 4.25. The highest BCUT2D eigenvalue weighted by Gasteiger charge is 2.24. The zero-order valence-corrected chi connectivity index (χ0v) is 11.3. The topological polar surface area (TPSA) is 58.6 Å². The van der Waals surface area contributed by atoms with Crippen LogP contribution in [0.25, 0.3) is 0 Å². The van der Waals surface area contributed by atoms with Gasteiger partial charge in [0.25, 0.3) is 0 Å². The van der Waals surface area contributed by atoms with E-state index in [1.165, 1.54) is 18.4 Å². The van der Waals surface area contributed by atoms with Crippen molar-refractivity contribution in [2.75, 3.05) is 20.2 Å². The first-order valence-electron chi connectivity index (χ1n) is 5.79. The number of rotatable bonds is 3. The molecule has 0 saturated carbocycles. The molecule has 0 radical (unpaired) electrons. The number of carbonyl (C=O) groups excluding carboxylic acids is 2. The molecule has 98 valence electrons. The van der Waals surface area contributed by atoms with E-state index < -0.39 is 0 Å². The lowest BCUT2D eigenvalue weighted by Gasteiger charge is -2.31. The maximum atomic E-state index is 11.9. The molecule has 1 saturated heterocycles. The zero-order chi connectivity index (χ0) is 13.1. The lowest BCUT2D eigenvalue weighted by Crippen LogP contribution is -2.53. The summed E-state index contributed by atoms with van der Waals surface area (Å²) in [5.74, 6) is -0.224. The van der Waals surface area contributed by atoms with E-state index in [2.05, 4.69) is 10.1 Å². The number of piperazine rings is 1. The van der Waals surface area contributed by atoms with Gasteiger partial charge in [-0.05, 0) is 23.9 Å². The Labute approximate surface area is 110 Å². The van der Waals surface area contributed by atoms with E-state index in [0.717, 1.165) is 12.1 Å².